The molecule has 15 heavy (non-hydrogen) atoms. The molecule has 1 N–H and O–H groups in total. The topological polar surface area (TPSA) is 79.2 Å². The number of amides is 1. The normalized spacial score (nSPS) is 13.5. The lowest BCUT2D eigenvalue weighted by Gasteiger charge is -2.14. The van der Waals surface area contributed by atoms with Gasteiger partial charge in [-0.2, -0.15) is 5.26 Å². The molecule has 0 aromatic carbocycles. The highest BCUT2D eigenvalue weighted by atomic mass is 16.5. The van der Waals surface area contributed by atoms with E-state index in [1.807, 2.05) is 6.07 Å². The summed E-state index contributed by atoms with van der Waals surface area (Å²) < 4.78 is 4.71. The van der Waals surface area contributed by atoms with Gasteiger partial charge in [0.05, 0.1) is 12.7 Å². The van der Waals surface area contributed by atoms with Crippen LogP contribution in [0.25, 0.3) is 0 Å². The number of carbonyl (C=O) groups excluding carboxylic acids is 2. The molecule has 0 radical (unpaired) electrons. The van der Waals surface area contributed by atoms with E-state index in [2.05, 4.69) is 5.32 Å². The van der Waals surface area contributed by atoms with E-state index in [1.165, 1.54) is 6.92 Å². The Morgan fingerprint density at radius 1 is 1.47 bits per heavy atom. The largest absolute Gasteiger partial charge is 0.464 e. The SMILES string of the molecule is CCOC(=O)C(C)NC(=O)C(C#N)CC. The number of rotatable bonds is 5. The minimum absolute atomic E-state index is 0.272. The van der Waals surface area contributed by atoms with Crippen LogP contribution in [-0.4, -0.2) is 24.5 Å². The van der Waals surface area contributed by atoms with Crippen LogP contribution in [0.3, 0.4) is 0 Å². The summed E-state index contributed by atoms with van der Waals surface area (Å²) in [5.41, 5.74) is 0. The van der Waals surface area contributed by atoms with Gasteiger partial charge in [-0.05, 0) is 20.3 Å². The molecule has 5 heteroatoms. The van der Waals surface area contributed by atoms with Gasteiger partial charge in [0, 0.05) is 0 Å². The maximum Gasteiger partial charge on any atom is 0.328 e. The summed E-state index contributed by atoms with van der Waals surface area (Å²) in [6, 6.07) is 1.16. The van der Waals surface area contributed by atoms with Gasteiger partial charge in [0.1, 0.15) is 12.0 Å². The third-order valence-corrected chi connectivity index (χ3v) is 1.88. The van der Waals surface area contributed by atoms with Gasteiger partial charge in [-0.1, -0.05) is 6.92 Å². The predicted octanol–water partition coefficient (Wildman–Crippen LogP) is 0.604. The van der Waals surface area contributed by atoms with E-state index in [4.69, 9.17) is 10.00 Å². The summed E-state index contributed by atoms with van der Waals surface area (Å²) in [5.74, 6) is -1.62. The van der Waals surface area contributed by atoms with Crippen molar-refractivity contribution in [3.05, 3.63) is 0 Å². The van der Waals surface area contributed by atoms with Crippen molar-refractivity contribution in [3.8, 4) is 6.07 Å². The molecule has 2 atom stereocenters. The van der Waals surface area contributed by atoms with Gasteiger partial charge in [-0.3, -0.25) is 4.79 Å². The van der Waals surface area contributed by atoms with E-state index in [9.17, 15) is 9.59 Å². The quantitative estimate of drug-likeness (QED) is 0.677. The van der Waals surface area contributed by atoms with Crippen LogP contribution >= 0.6 is 0 Å². The summed E-state index contributed by atoms with van der Waals surface area (Å²) >= 11 is 0. The number of hydrogen-bond donors (Lipinski definition) is 1. The van der Waals surface area contributed by atoms with Gasteiger partial charge in [-0.25, -0.2) is 4.79 Å². The summed E-state index contributed by atoms with van der Waals surface area (Å²) in [5, 5.41) is 11.1. The van der Waals surface area contributed by atoms with E-state index < -0.39 is 23.8 Å². The lowest BCUT2D eigenvalue weighted by molar-refractivity contribution is -0.147. The van der Waals surface area contributed by atoms with Gasteiger partial charge >= 0.3 is 5.97 Å². The van der Waals surface area contributed by atoms with Crippen LogP contribution in [-0.2, 0) is 14.3 Å². The molecular formula is C10H16N2O3. The molecule has 84 valence electrons. The molecule has 0 rings (SSSR count). The van der Waals surface area contributed by atoms with Crippen molar-refractivity contribution in [3.63, 3.8) is 0 Å². The first-order valence-corrected chi connectivity index (χ1v) is 4.93. The van der Waals surface area contributed by atoms with Crippen LogP contribution in [0.4, 0.5) is 0 Å². The lowest BCUT2D eigenvalue weighted by atomic mass is 10.1. The van der Waals surface area contributed by atoms with Crippen molar-refractivity contribution in [1.29, 1.82) is 5.26 Å². The van der Waals surface area contributed by atoms with Crippen LogP contribution in [0.1, 0.15) is 27.2 Å². The van der Waals surface area contributed by atoms with Crippen LogP contribution in [0.5, 0.6) is 0 Å². The molecule has 0 aliphatic heterocycles. The second kappa shape index (κ2) is 6.82. The van der Waals surface area contributed by atoms with Gasteiger partial charge in [0.2, 0.25) is 5.91 Å². The number of esters is 1. The molecule has 0 aromatic rings. The highest BCUT2D eigenvalue weighted by molar-refractivity contribution is 5.86. The van der Waals surface area contributed by atoms with Crippen LogP contribution in [0.15, 0.2) is 0 Å². The molecule has 0 spiro atoms. The Kier molecular flexibility index (Phi) is 6.11. The summed E-state index contributed by atoms with van der Waals surface area (Å²) in [6.07, 6.45) is 0.428. The lowest BCUT2D eigenvalue weighted by Crippen LogP contribution is -2.42. The fourth-order valence-corrected chi connectivity index (χ4v) is 0.975. The molecule has 5 nitrogen and oxygen atoms in total. The number of nitrogens with one attached hydrogen (secondary N) is 1. The zero-order valence-corrected chi connectivity index (χ0v) is 9.24. The van der Waals surface area contributed by atoms with Crippen molar-refractivity contribution in [2.75, 3.05) is 6.61 Å². The Morgan fingerprint density at radius 3 is 2.47 bits per heavy atom. The molecule has 0 aliphatic rings. The minimum atomic E-state index is -0.708. The molecule has 0 aliphatic carbocycles. The van der Waals surface area contributed by atoms with E-state index >= 15 is 0 Å². The molecule has 0 fully saturated rings. The van der Waals surface area contributed by atoms with E-state index in [0.29, 0.717) is 6.42 Å². The summed E-state index contributed by atoms with van der Waals surface area (Å²) in [7, 11) is 0. The number of ether oxygens (including phenoxy) is 1. The maximum atomic E-state index is 11.4. The molecule has 0 heterocycles. The molecule has 0 aromatic heterocycles. The van der Waals surface area contributed by atoms with Crippen molar-refractivity contribution in [2.45, 2.75) is 33.2 Å². The Labute approximate surface area is 89.4 Å². The fourth-order valence-electron chi connectivity index (χ4n) is 0.975. The van der Waals surface area contributed by atoms with Crippen molar-refractivity contribution in [2.24, 2.45) is 5.92 Å². The highest BCUT2D eigenvalue weighted by Gasteiger charge is 2.21. The second-order valence-corrected chi connectivity index (χ2v) is 3.07. The van der Waals surface area contributed by atoms with Crippen LogP contribution in [0.2, 0.25) is 0 Å². The molecular weight excluding hydrogens is 196 g/mol. The Bertz CT molecular complexity index is 270. The predicted molar refractivity (Wildman–Crippen MR) is 53.6 cm³/mol. The van der Waals surface area contributed by atoms with E-state index in [1.54, 1.807) is 13.8 Å². The van der Waals surface area contributed by atoms with Gasteiger partial charge in [-0.15, -0.1) is 0 Å². The standard InChI is InChI=1S/C10H16N2O3/c1-4-8(6-11)9(13)12-7(3)10(14)15-5-2/h7-8H,4-5H2,1-3H3,(H,12,13). The fraction of sp³-hybridized carbons (Fsp3) is 0.700. The first kappa shape index (κ1) is 13.4. The number of nitriles is 1. The van der Waals surface area contributed by atoms with Gasteiger partial charge in [0.15, 0.2) is 0 Å². The maximum absolute atomic E-state index is 11.4. The number of nitrogens with zero attached hydrogens (tertiary/aromatic N) is 1. The van der Waals surface area contributed by atoms with Crippen LogP contribution in [0, 0.1) is 17.2 Å². The zero-order chi connectivity index (χ0) is 11.8. The number of hydrogen-bond acceptors (Lipinski definition) is 4. The molecule has 0 bridgehead atoms. The Balaban J connectivity index is 4.18. The summed E-state index contributed by atoms with van der Waals surface area (Å²) in [4.78, 5) is 22.5. The first-order valence-electron chi connectivity index (χ1n) is 4.93. The zero-order valence-electron chi connectivity index (χ0n) is 9.24. The third-order valence-electron chi connectivity index (χ3n) is 1.88. The third kappa shape index (κ3) is 4.45. The van der Waals surface area contributed by atoms with Gasteiger partial charge < -0.3 is 10.1 Å². The van der Waals surface area contributed by atoms with Crippen molar-refractivity contribution < 1.29 is 14.3 Å². The van der Waals surface area contributed by atoms with E-state index in [0.717, 1.165) is 0 Å². The summed E-state index contributed by atoms with van der Waals surface area (Å²) in [6.45, 7) is 5.23. The molecule has 2 unspecified atom stereocenters. The van der Waals surface area contributed by atoms with Crippen molar-refractivity contribution in [1.82, 2.24) is 5.32 Å². The second-order valence-electron chi connectivity index (χ2n) is 3.07. The molecule has 0 saturated heterocycles. The first-order chi connectivity index (χ1) is 7.06. The van der Waals surface area contributed by atoms with Crippen molar-refractivity contribution >= 4 is 11.9 Å². The average Bonchev–Trinajstić information content (AvgIpc) is 2.19. The smallest absolute Gasteiger partial charge is 0.328 e. The minimum Gasteiger partial charge on any atom is -0.464 e. The van der Waals surface area contributed by atoms with E-state index in [-0.39, 0.29) is 6.61 Å². The average molecular weight is 212 g/mol. The molecule has 1 amide bonds. The monoisotopic (exact) mass is 212 g/mol. The number of carbonyl (C=O) groups is 2. The Morgan fingerprint density at radius 2 is 2.07 bits per heavy atom. The Hall–Kier alpha value is -1.57. The van der Waals surface area contributed by atoms with Gasteiger partial charge in [0.25, 0.3) is 0 Å². The van der Waals surface area contributed by atoms with Crippen LogP contribution < -0.4 is 5.32 Å². The highest BCUT2D eigenvalue weighted by Crippen LogP contribution is 2.01. The molecule has 0 saturated carbocycles.